The molecule has 8 nitrogen and oxygen atoms in total. The number of ketones is 1. The zero-order valence-corrected chi connectivity index (χ0v) is 20.6. The summed E-state index contributed by atoms with van der Waals surface area (Å²) in [6, 6.07) is 15.4. The molecule has 2 heterocycles. The van der Waals surface area contributed by atoms with Crippen molar-refractivity contribution >= 4 is 23.3 Å². The maximum Gasteiger partial charge on any atom is 0.265 e. The molecule has 2 aromatic carbocycles. The lowest BCUT2D eigenvalue weighted by Crippen LogP contribution is -2.51. The summed E-state index contributed by atoms with van der Waals surface area (Å²) in [7, 11) is 0. The molecule has 4 rings (SSSR count). The first kappa shape index (κ1) is 24.9. The van der Waals surface area contributed by atoms with Crippen LogP contribution < -0.4 is 19.7 Å². The minimum atomic E-state index is -0.791. The highest BCUT2D eigenvalue weighted by molar-refractivity contribution is 6.05. The SMILES string of the molecule is Cc1ccc(OCC(=O)c2ccc3c(c2)N(C(C)C(=O)NCCc2ccccn2)C(=O)CO3)c(C)c1. The number of carbonyl (C=O) groups is 3. The van der Waals surface area contributed by atoms with Crippen LogP contribution in [0.3, 0.4) is 0 Å². The van der Waals surface area contributed by atoms with Crippen molar-refractivity contribution in [2.75, 3.05) is 24.7 Å². The van der Waals surface area contributed by atoms with Gasteiger partial charge in [0.25, 0.3) is 5.91 Å². The Bertz CT molecular complexity index is 1280. The van der Waals surface area contributed by atoms with Gasteiger partial charge < -0.3 is 14.8 Å². The zero-order chi connectivity index (χ0) is 25.7. The average molecular weight is 488 g/mol. The Kier molecular flexibility index (Phi) is 7.63. The van der Waals surface area contributed by atoms with Gasteiger partial charge in [0.1, 0.15) is 17.5 Å². The number of amides is 2. The number of aryl methyl sites for hydroxylation is 2. The van der Waals surface area contributed by atoms with Gasteiger partial charge in [-0.1, -0.05) is 23.8 Å². The molecule has 3 aromatic rings. The highest BCUT2D eigenvalue weighted by atomic mass is 16.5. The summed E-state index contributed by atoms with van der Waals surface area (Å²) >= 11 is 0. The molecule has 1 aliphatic rings. The molecule has 1 aliphatic heterocycles. The van der Waals surface area contributed by atoms with Gasteiger partial charge in [-0.3, -0.25) is 24.3 Å². The lowest BCUT2D eigenvalue weighted by molar-refractivity contribution is -0.127. The van der Waals surface area contributed by atoms with Crippen molar-refractivity contribution in [1.29, 1.82) is 0 Å². The summed E-state index contributed by atoms with van der Waals surface area (Å²) in [5.41, 5.74) is 3.67. The van der Waals surface area contributed by atoms with Gasteiger partial charge in [-0.05, 0) is 62.7 Å². The maximum atomic E-state index is 12.9. The minimum absolute atomic E-state index is 0.152. The number of hydrogen-bond donors (Lipinski definition) is 1. The molecule has 8 heteroatoms. The first-order chi connectivity index (χ1) is 17.3. The van der Waals surface area contributed by atoms with E-state index in [2.05, 4.69) is 10.3 Å². The normalized spacial score (nSPS) is 13.4. The van der Waals surface area contributed by atoms with Crippen LogP contribution in [0, 0.1) is 13.8 Å². The number of carbonyl (C=O) groups excluding carboxylic acids is 3. The maximum absolute atomic E-state index is 12.9. The number of nitrogens with zero attached hydrogens (tertiary/aromatic N) is 2. The number of hydrogen-bond acceptors (Lipinski definition) is 6. The molecule has 36 heavy (non-hydrogen) atoms. The van der Waals surface area contributed by atoms with Crippen LogP contribution in [0.1, 0.15) is 34.1 Å². The predicted molar refractivity (Wildman–Crippen MR) is 136 cm³/mol. The fourth-order valence-corrected chi connectivity index (χ4v) is 4.08. The summed E-state index contributed by atoms with van der Waals surface area (Å²) in [5.74, 6) is 0.175. The molecular weight excluding hydrogens is 458 g/mol. The Morgan fingerprint density at radius 3 is 2.72 bits per heavy atom. The molecule has 0 saturated heterocycles. The van der Waals surface area contributed by atoms with E-state index in [-0.39, 0.29) is 30.8 Å². The first-order valence-corrected chi connectivity index (χ1v) is 11.8. The van der Waals surface area contributed by atoms with Crippen molar-refractivity contribution in [3.63, 3.8) is 0 Å². The van der Waals surface area contributed by atoms with Gasteiger partial charge in [0, 0.05) is 30.4 Å². The van der Waals surface area contributed by atoms with Crippen LogP contribution in [-0.2, 0) is 16.0 Å². The van der Waals surface area contributed by atoms with Gasteiger partial charge in [-0.2, -0.15) is 0 Å². The Balaban J connectivity index is 1.45. The molecule has 0 fully saturated rings. The van der Waals surface area contributed by atoms with Crippen molar-refractivity contribution in [3.05, 3.63) is 83.2 Å². The molecule has 0 aliphatic carbocycles. The van der Waals surface area contributed by atoms with Gasteiger partial charge in [0.2, 0.25) is 5.91 Å². The molecule has 1 atom stereocenters. The van der Waals surface area contributed by atoms with Crippen LogP contribution in [0.25, 0.3) is 0 Å². The van der Waals surface area contributed by atoms with Crippen LogP contribution in [0.5, 0.6) is 11.5 Å². The smallest absolute Gasteiger partial charge is 0.265 e. The van der Waals surface area contributed by atoms with Gasteiger partial charge in [0.15, 0.2) is 19.0 Å². The van der Waals surface area contributed by atoms with E-state index in [1.54, 1.807) is 31.3 Å². The molecule has 1 N–H and O–H groups in total. The van der Waals surface area contributed by atoms with E-state index in [1.807, 2.05) is 50.2 Å². The molecular formula is C28H29N3O5. The molecule has 0 bridgehead atoms. The molecule has 186 valence electrons. The van der Waals surface area contributed by atoms with Crippen molar-refractivity contribution in [3.8, 4) is 11.5 Å². The molecule has 2 amide bonds. The topological polar surface area (TPSA) is 97.8 Å². The number of anilines is 1. The lowest BCUT2D eigenvalue weighted by atomic mass is 10.1. The fraction of sp³-hybridized carbons (Fsp3) is 0.286. The number of fused-ring (bicyclic) bond motifs is 1. The predicted octanol–water partition coefficient (Wildman–Crippen LogP) is 3.43. The summed E-state index contributed by atoms with van der Waals surface area (Å²) in [6.07, 6.45) is 2.28. The third-order valence-electron chi connectivity index (χ3n) is 6.02. The van der Waals surface area contributed by atoms with Gasteiger partial charge >= 0.3 is 0 Å². The van der Waals surface area contributed by atoms with E-state index in [4.69, 9.17) is 9.47 Å². The number of nitrogens with one attached hydrogen (secondary N) is 1. The van der Waals surface area contributed by atoms with Gasteiger partial charge in [-0.25, -0.2) is 0 Å². The van der Waals surface area contributed by atoms with Gasteiger partial charge in [-0.15, -0.1) is 0 Å². The van der Waals surface area contributed by atoms with Gasteiger partial charge in [0.05, 0.1) is 5.69 Å². The van der Waals surface area contributed by atoms with E-state index in [0.29, 0.717) is 35.7 Å². The highest BCUT2D eigenvalue weighted by Gasteiger charge is 2.33. The molecule has 1 aromatic heterocycles. The number of Topliss-reactive ketones (excluding diaryl/α,β-unsaturated/α-hetero) is 1. The molecule has 0 saturated carbocycles. The molecule has 1 unspecified atom stereocenters. The lowest BCUT2D eigenvalue weighted by Gasteiger charge is -2.33. The number of ether oxygens (including phenoxy) is 2. The van der Waals surface area contributed by atoms with E-state index in [0.717, 1.165) is 16.8 Å². The number of pyridine rings is 1. The second kappa shape index (κ2) is 11.0. The Morgan fingerprint density at radius 2 is 1.97 bits per heavy atom. The minimum Gasteiger partial charge on any atom is -0.485 e. The van der Waals surface area contributed by atoms with Crippen molar-refractivity contribution < 1.29 is 23.9 Å². The van der Waals surface area contributed by atoms with E-state index >= 15 is 0 Å². The molecule has 0 spiro atoms. The summed E-state index contributed by atoms with van der Waals surface area (Å²) in [5, 5.41) is 2.86. The van der Waals surface area contributed by atoms with Crippen LogP contribution in [0.4, 0.5) is 5.69 Å². The number of benzene rings is 2. The van der Waals surface area contributed by atoms with Crippen LogP contribution in [0.15, 0.2) is 60.8 Å². The zero-order valence-electron chi connectivity index (χ0n) is 20.6. The average Bonchev–Trinajstić information content (AvgIpc) is 2.87. The second-order valence-corrected chi connectivity index (χ2v) is 8.75. The van der Waals surface area contributed by atoms with Crippen LogP contribution in [-0.4, -0.2) is 48.4 Å². The van der Waals surface area contributed by atoms with Crippen LogP contribution >= 0.6 is 0 Å². The third-order valence-corrected chi connectivity index (χ3v) is 6.02. The number of rotatable bonds is 9. The largest absolute Gasteiger partial charge is 0.485 e. The van der Waals surface area contributed by atoms with Crippen molar-refractivity contribution in [1.82, 2.24) is 10.3 Å². The van der Waals surface area contributed by atoms with Crippen molar-refractivity contribution in [2.45, 2.75) is 33.2 Å². The highest BCUT2D eigenvalue weighted by Crippen LogP contribution is 2.34. The Hall–Kier alpha value is -4.20. The standard InChI is InChI=1S/C28H29N3O5/c1-18-7-9-25(19(2)14-18)35-16-24(32)21-8-10-26-23(15-21)31(27(33)17-36-26)20(3)28(34)30-13-11-22-6-4-5-12-29-22/h4-10,12,14-15,20H,11,13,16-17H2,1-3H3,(H,30,34). The fourth-order valence-electron chi connectivity index (χ4n) is 4.08. The number of aromatic nitrogens is 1. The molecule has 0 radical (unpaired) electrons. The van der Waals surface area contributed by atoms with E-state index < -0.39 is 6.04 Å². The first-order valence-electron chi connectivity index (χ1n) is 11.8. The van der Waals surface area contributed by atoms with E-state index in [1.165, 1.54) is 4.90 Å². The van der Waals surface area contributed by atoms with E-state index in [9.17, 15) is 14.4 Å². The second-order valence-electron chi connectivity index (χ2n) is 8.75. The Labute approximate surface area is 210 Å². The summed E-state index contributed by atoms with van der Waals surface area (Å²) in [4.78, 5) is 44.2. The van der Waals surface area contributed by atoms with Crippen molar-refractivity contribution in [2.24, 2.45) is 0 Å². The third kappa shape index (κ3) is 5.71. The summed E-state index contributed by atoms with van der Waals surface area (Å²) in [6.45, 7) is 5.63. The Morgan fingerprint density at radius 1 is 1.14 bits per heavy atom. The quantitative estimate of drug-likeness (QED) is 0.465. The monoisotopic (exact) mass is 487 g/mol. The van der Waals surface area contributed by atoms with Crippen LogP contribution in [0.2, 0.25) is 0 Å². The summed E-state index contributed by atoms with van der Waals surface area (Å²) < 4.78 is 11.3.